The molecule has 0 aliphatic carbocycles. The number of thioether (sulfide) groups is 1. The van der Waals surface area contributed by atoms with E-state index in [1.807, 2.05) is 97.9 Å². The van der Waals surface area contributed by atoms with Crippen LogP contribution < -0.4 is 4.90 Å². The molecule has 0 N–H and O–H groups in total. The van der Waals surface area contributed by atoms with E-state index in [2.05, 4.69) is 5.10 Å². The van der Waals surface area contributed by atoms with Gasteiger partial charge in [-0.1, -0.05) is 66.2 Å². The average molecular weight is 471 g/mol. The van der Waals surface area contributed by atoms with Crippen LogP contribution in [0.3, 0.4) is 0 Å². The Kier molecular flexibility index (Phi) is 5.86. The Morgan fingerprint density at radius 3 is 2.09 bits per heavy atom. The van der Waals surface area contributed by atoms with Gasteiger partial charge in [0.15, 0.2) is 5.17 Å². The van der Waals surface area contributed by atoms with Crippen molar-refractivity contribution >= 4 is 51.9 Å². The van der Waals surface area contributed by atoms with Crippen LogP contribution >= 0.6 is 23.4 Å². The summed E-state index contributed by atoms with van der Waals surface area (Å²) in [5.41, 5.74) is 3.85. The first kappa shape index (κ1) is 21.2. The van der Waals surface area contributed by atoms with Gasteiger partial charge in [0.2, 0.25) is 0 Å². The van der Waals surface area contributed by atoms with Gasteiger partial charge in [0.25, 0.3) is 5.91 Å². The predicted octanol–water partition coefficient (Wildman–Crippen LogP) is 6.64. The Morgan fingerprint density at radius 1 is 0.879 bits per heavy atom. The van der Waals surface area contributed by atoms with E-state index in [1.165, 1.54) is 11.8 Å². The number of amidine groups is 1. The summed E-state index contributed by atoms with van der Waals surface area (Å²) in [5.74, 6) is -0.149. The number of para-hydroxylation sites is 3. The molecule has 162 valence electrons. The quantitative estimate of drug-likeness (QED) is 0.314. The molecule has 1 amide bonds. The van der Waals surface area contributed by atoms with Gasteiger partial charge < -0.3 is 0 Å². The second-order valence-electron chi connectivity index (χ2n) is 7.35. The van der Waals surface area contributed by atoms with Crippen molar-refractivity contribution in [2.45, 2.75) is 6.92 Å². The summed E-state index contributed by atoms with van der Waals surface area (Å²) in [6, 6.07) is 28.8. The molecule has 5 nitrogen and oxygen atoms in total. The molecule has 1 aliphatic heterocycles. The van der Waals surface area contributed by atoms with Crippen molar-refractivity contribution in [3.63, 3.8) is 0 Å². The topological polar surface area (TPSA) is 50.5 Å². The monoisotopic (exact) mass is 470 g/mol. The highest BCUT2D eigenvalue weighted by Crippen LogP contribution is 2.38. The van der Waals surface area contributed by atoms with Crippen molar-refractivity contribution in [3.05, 3.63) is 112 Å². The summed E-state index contributed by atoms with van der Waals surface area (Å²) in [6.45, 7) is 1.88. The summed E-state index contributed by atoms with van der Waals surface area (Å²) >= 11 is 8.03. The lowest BCUT2D eigenvalue weighted by molar-refractivity contribution is -0.113. The standard InChI is InChI=1S/C26H19ClN4OS/c1-18-22(24(27)31(29-18)21-15-9-4-10-16-21)17-23-25(32)30(20-13-7-3-8-14-20)26(33-23)28-19-11-5-2-6-12-19/h2-17H,1H3/b23-17-,28-26?. The summed E-state index contributed by atoms with van der Waals surface area (Å²) in [5, 5.41) is 5.64. The van der Waals surface area contributed by atoms with E-state index in [0.717, 1.165) is 22.8 Å². The maximum atomic E-state index is 13.5. The molecule has 0 saturated carbocycles. The lowest BCUT2D eigenvalue weighted by atomic mass is 10.2. The van der Waals surface area contributed by atoms with Crippen LogP contribution in [0.25, 0.3) is 11.8 Å². The number of carbonyl (C=O) groups is 1. The van der Waals surface area contributed by atoms with Crippen LogP contribution in [0.1, 0.15) is 11.3 Å². The van der Waals surface area contributed by atoms with Crippen molar-refractivity contribution in [2.24, 2.45) is 4.99 Å². The highest BCUT2D eigenvalue weighted by atomic mass is 35.5. The summed E-state index contributed by atoms with van der Waals surface area (Å²) in [4.78, 5) is 20.4. The average Bonchev–Trinajstić information content (AvgIpc) is 3.31. The van der Waals surface area contributed by atoms with Crippen molar-refractivity contribution < 1.29 is 4.79 Å². The van der Waals surface area contributed by atoms with Crippen LogP contribution in [0.4, 0.5) is 11.4 Å². The number of carbonyl (C=O) groups excluding carboxylic acids is 1. The molecule has 0 radical (unpaired) electrons. The minimum absolute atomic E-state index is 0.149. The summed E-state index contributed by atoms with van der Waals surface area (Å²) in [6.07, 6.45) is 1.81. The first-order chi connectivity index (χ1) is 16.1. The smallest absolute Gasteiger partial charge is 0.268 e. The molecule has 1 aliphatic rings. The lowest BCUT2D eigenvalue weighted by Gasteiger charge is -2.15. The van der Waals surface area contributed by atoms with Gasteiger partial charge in [0.1, 0.15) is 5.15 Å². The fourth-order valence-electron chi connectivity index (χ4n) is 3.51. The molecule has 2 heterocycles. The lowest BCUT2D eigenvalue weighted by Crippen LogP contribution is -2.28. The Hall–Kier alpha value is -3.61. The van der Waals surface area contributed by atoms with E-state index in [0.29, 0.717) is 20.8 Å². The van der Waals surface area contributed by atoms with Crippen LogP contribution in [-0.2, 0) is 4.79 Å². The van der Waals surface area contributed by atoms with Gasteiger partial charge in [0, 0.05) is 5.56 Å². The predicted molar refractivity (Wildman–Crippen MR) is 136 cm³/mol. The van der Waals surface area contributed by atoms with E-state index in [1.54, 1.807) is 15.7 Å². The highest BCUT2D eigenvalue weighted by molar-refractivity contribution is 8.19. The Labute approximate surface area is 201 Å². The van der Waals surface area contributed by atoms with Crippen LogP contribution in [-0.4, -0.2) is 20.9 Å². The number of hydrogen-bond acceptors (Lipinski definition) is 4. The Balaban J connectivity index is 1.58. The number of benzene rings is 3. The minimum Gasteiger partial charge on any atom is -0.268 e. The van der Waals surface area contributed by atoms with Crippen molar-refractivity contribution in [2.75, 3.05) is 4.90 Å². The number of anilines is 1. The summed E-state index contributed by atoms with van der Waals surface area (Å²) in [7, 11) is 0. The molecular formula is C26H19ClN4OS. The number of aromatic nitrogens is 2. The molecule has 1 fully saturated rings. The zero-order valence-corrected chi connectivity index (χ0v) is 19.3. The number of hydrogen-bond donors (Lipinski definition) is 0. The number of amides is 1. The van der Waals surface area contributed by atoms with E-state index >= 15 is 0 Å². The van der Waals surface area contributed by atoms with Crippen LogP contribution in [0.15, 0.2) is 101 Å². The summed E-state index contributed by atoms with van der Waals surface area (Å²) < 4.78 is 1.68. The van der Waals surface area contributed by atoms with Gasteiger partial charge >= 0.3 is 0 Å². The fraction of sp³-hybridized carbons (Fsp3) is 0.0385. The third kappa shape index (κ3) is 4.23. The third-order valence-electron chi connectivity index (χ3n) is 5.13. The molecule has 0 unspecified atom stereocenters. The molecule has 4 aromatic rings. The highest BCUT2D eigenvalue weighted by Gasteiger charge is 2.35. The zero-order chi connectivity index (χ0) is 22.8. The first-order valence-electron chi connectivity index (χ1n) is 10.3. The molecule has 1 aromatic heterocycles. The first-order valence-corrected chi connectivity index (χ1v) is 11.5. The van der Waals surface area contributed by atoms with E-state index in [9.17, 15) is 4.79 Å². The van der Waals surface area contributed by atoms with Gasteiger partial charge in [-0.05, 0) is 61.2 Å². The molecule has 7 heteroatoms. The molecule has 0 bridgehead atoms. The van der Waals surface area contributed by atoms with Crippen molar-refractivity contribution in [1.29, 1.82) is 0 Å². The van der Waals surface area contributed by atoms with Gasteiger partial charge in [-0.25, -0.2) is 9.67 Å². The minimum atomic E-state index is -0.149. The number of rotatable bonds is 4. The number of aliphatic imine (C=N–C) groups is 1. The second-order valence-corrected chi connectivity index (χ2v) is 8.72. The van der Waals surface area contributed by atoms with Gasteiger partial charge in [0.05, 0.1) is 27.7 Å². The molecule has 33 heavy (non-hydrogen) atoms. The van der Waals surface area contributed by atoms with Crippen LogP contribution in [0.2, 0.25) is 5.15 Å². The molecule has 1 saturated heterocycles. The Morgan fingerprint density at radius 2 is 1.45 bits per heavy atom. The molecule has 3 aromatic carbocycles. The molecular weight excluding hydrogens is 452 g/mol. The van der Waals surface area contributed by atoms with Gasteiger partial charge in [-0.2, -0.15) is 5.10 Å². The number of halogens is 1. The maximum absolute atomic E-state index is 13.5. The molecule has 0 spiro atoms. The largest absolute Gasteiger partial charge is 0.271 e. The second kappa shape index (κ2) is 9.10. The van der Waals surface area contributed by atoms with Crippen molar-refractivity contribution in [3.8, 4) is 5.69 Å². The maximum Gasteiger partial charge on any atom is 0.271 e. The third-order valence-corrected chi connectivity index (χ3v) is 6.46. The van der Waals surface area contributed by atoms with E-state index in [4.69, 9.17) is 16.6 Å². The van der Waals surface area contributed by atoms with Crippen LogP contribution in [0.5, 0.6) is 0 Å². The van der Waals surface area contributed by atoms with Gasteiger partial charge in [-0.15, -0.1) is 0 Å². The van der Waals surface area contributed by atoms with Crippen LogP contribution in [0, 0.1) is 6.92 Å². The normalized spacial score (nSPS) is 16.2. The fourth-order valence-corrected chi connectivity index (χ4v) is 4.82. The number of aryl methyl sites for hydroxylation is 1. The van der Waals surface area contributed by atoms with Gasteiger partial charge in [-0.3, -0.25) is 9.69 Å². The van der Waals surface area contributed by atoms with Crippen molar-refractivity contribution in [1.82, 2.24) is 9.78 Å². The zero-order valence-electron chi connectivity index (χ0n) is 17.7. The molecule has 5 rings (SSSR count). The number of nitrogens with zero attached hydrogens (tertiary/aromatic N) is 4. The SMILES string of the molecule is Cc1nn(-c2ccccc2)c(Cl)c1/C=C1\SC(=Nc2ccccc2)N(c2ccccc2)C1=O. The van der Waals surface area contributed by atoms with E-state index in [-0.39, 0.29) is 5.91 Å². The molecule has 0 atom stereocenters. The van der Waals surface area contributed by atoms with E-state index < -0.39 is 0 Å². The Bertz CT molecular complexity index is 1370.